The summed E-state index contributed by atoms with van der Waals surface area (Å²) in [5.74, 6) is 0.998. The molecule has 1 heterocycles. The maximum Gasteiger partial charge on any atom is 0.261 e. The lowest BCUT2D eigenvalue weighted by Gasteiger charge is -2.35. The third-order valence-corrected chi connectivity index (χ3v) is 6.27. The van der Waals surface area contributed by atoms with Crippen LogP contribution >= 0.6 is 0 Å². The predicted octanol–water partition coefficient (Wildman–Crippen LogP) is 3.91. The van der Waals surface area contributed by atoms with Crippen LogP contribution in [0.4, 0.5) is 5.69 Å². The van der Waals surface area contributed by atoms with Crippen molar-refractivity contribution in [2.75, 3.05) is 17.8 Å². The van der Waals surface area contributed by atoms with Gasteiger partial charge in [0, 0.05) is 24.3 Å². The molecule has 2 aromatic rings. The number of sulfonamides is 1. The normalized spacial score (nSPS) is 20.3. The molecule has 0 bridgehead atoms. The van der Waals surface area contributed by atoms with Crippen LogP contribution in [0.15, 0.2) is 53.4 Å². The summed E-state index contributed by atoms with van der Waals surface area (Å²) in [4.78, 5) is 14.8. The van der Waals surface area contributed by atoms with E-state index in [2.05, 4.69) is 18.6 Å². The zero-order valence-corrected chi connectivity index (χ0v) is 16.8. The number of likely N-dealkylation sites (tertiary alicyclic amines) is 1. The van der Waals surface area contributed by atoms with Crippen LogP contribution in [0, 0.1) is 18.8 Å². The van der Waals surface area contributed by atoms with E-state index in [9.17, 15) is 13.2 Å². The number of amides is 1. The largest absolute Gasteiger partial charge is 0.338 e. The molecular weight excluding hydrogens is 360 g/mol. The number of nitrogens with zero attached hydrogens (tertiary/aromatic N) is 1. The first kappa shape index (κ1) is 19.4. The van der Waals surface area contributed by atoms with Gasteiger partial charge < -0.3 is 4.90 Å². The van der Waals surface area contributed by atoms with Gasteiger partial charge in [0.15, 0.2) is 0 Å². The number of piperidine rings is 1. The van der Waals surface area contributed by atoms with Gasteiger partial charge in [-0.1, -0.05) is 31.5 Å². The summed E-state index contributed by atoms with van der Waals surface area (Å²) in [7, 11) is -3.64. The van der Waals surface area contributed by atoms with E-state index in [0.717, 1.165) is 25.1 Å². The Morgan fingerprint density at radius 3 is 2.07 bits per heavy atom. The zero-order valence-electron chi connectivity index (χ0n) is 16.0. The summed E-state index contributed by atoms with van der Waals surface area (Å²) in [6, 6.07) is 13.3. The van der Waals surface area contributed by atoms with Gasteiger partial charge in [0.2, 0.25) is 0 Å². The van der Waals surface area contributed by atoms with Crippen molar-refractivity contribution in [1.82, 2.24) is 4.90 Å². The summed E-state index contributed by atoms with van der Waals surface area (Å²) < 4.78 is 27.5. The van der Waals surface area contributed by atoms with Crippen LogP contribution in [0.25, 0.3) is 0 Å². The first-order valence-electron chi connectivity index (χ1n) is 9.23. The second-order valence-electron chi connectivity index (χ2n) is 7.65. The summed E-state index contributed by atoms with van der Waals surface area (Å²) in [6.07, 6.45) is 1.14. The lowest BCUT2D eigenvalue weighted by atomic mass is 9.91. The Bertz CT molecular complexity index is 895. The molecule has 6 heteroatoms. The molecule has 27 heavy (non-hydrogen) atoms. The molecule has 5 nitrogen and oxygen atoms in total. The van der Waals surface area contributed by atoms with E-state index in [1.165, 1.54) is 0 Å². The topological polar surface area (TPSA) is 66.5 Å². The van der Waals surface area contributed by atoms with Gasteiger partial charge in [-0.15, -0.1) is 0 Å². The average molecular weight is 387 g/mol. The summed E-state index contributed by atoms with van der Waals surface area (Å²) >= 11 is 0. The smallest absolute Gasteiger partial charge is 0.261 e. The van der Waals surface area contributed by atoms with Gasteiger partial charge in [0.05, 0.1) is 4.90 Å². The first-order chi connectivity index (χ1) is 12.7. The molecule has 2 unspecified atom stereocenters. The Morgan fingerprint density at radius 1 is 0.963 bits per heavy atom. The van der Waals surface area contributed by atoms with E-state index in [0.29, 0.717) is 23.1 Å². The van der Waals surface area contributed by atoms with Crippen molar-refractivity contribution in [3.8, 4) is 0 Å². The molecule has 0 spiro atoms. The van der Waals surface area contributed by atoms with E-state index in [-0.39, 0.29) is 10.8 Å². The Hall–Kier alpha value is -2.34. The number of hydrogen-bond donors (Lipinski definition) is 1. The molecule has 0 aliphatic carbocycles. The van der Waals surface area contributed by atoms with Gasteiger partial charge in [-0.05, 0) is 61.6 Å². The van der Waals surface area contributed by atoms with Crippen LogP contribution in [0.5, 0.6) is 0 Å². The molecule has 144 valence electrons. The molecule has 3 rings (SSSR count). The number of anilines is 1. The van der Waals surface area contributed by atoms with E-state index < -0.39 is 10.0 Å². The van der Waals surface area contributed by atoms with Crippen molar-refractivity contribution in [2.24, 2.45) is 11.8 Å². The third-order valence-electron chi connectivity index (χ3n) is 4.87. The van der Waals surface area contributed by atoms with E-state index in [1.54, 1.807) is 48.5 Å². The number of benzene rings is 2. The SMILES string of the molecule is Cc1ccc(S(=O)(=O)Nc2ccc(C(=O)N3CC(C)CC(C)C3)cc2)cc1. The van der Waals surface area contributed by atoms with Gasteiger partial charge in [-0.25, -0.2) is 8.42 Å². The van der Waals surface area contributed by atoms with Crippen LogP contribution in [-0.2, 0) is 10.0 Å². The van der Waals surface area contributed by atoms with Crippen molar-refractivity contribution in [3.05, 3.63) is 59.7 Å². The molecule has 0 radical (unpaired) electrons. The fourth-order valence-electron chi connectivity index (χ4n) is 3.62. The number of carbonyl (C=O) groups is 1. The highest BCUT2D eigenvalue weighted by Gasteiger charge is 2.26. The molecule has 1 aliphatic rings. The molecule has 1 N–H and O–H groups in total. The lowest BCUT2D eigenvalue weighted by Crippen LogP contribution is -2.42. The predicted molar refractivity (Wildman–Crippen MR) is 107 cm³/mol. The molecule has 2 atom stereocenters. The number of rotatable bonds is 4. The highest BCUT2D eigenvalue weighted by atomic mass is 32.2. The van der Waals surface area contributed by atoms with Crippen molar-refractivity contribution in [2.45, 2.75) is 32.1 Å². The Kier molecular flexibility index (Phi) is 5.56. The van der Waals surface area contributed by atoms with E-state index in [1.807, 2.05) is 11.8 Å². The van der Waals surface area contributed by atoms with Crippen LogP contribution in [0.2, 0.25) is 0 Å². The van der Waals surface area contributed by atoms with Gasteiger partial charge in [0.1, 0.15) is 0 Å². The Balaban J connectivity index is 1.71. The van der Waals surface area contributed by atoms with Crippen molar-refractivity contribution in [1.29, 1.82) is 0 Å². The molecule has 0 aromatic heterocycles. The minimum Gasteiger partial charge on any atom is -0.338 e. The van der Waals surface area contributed by atoms with Crippen molar-refractivity contribution in [3.63, 3.8) is 0 Å². The molecule has 1 fully saturated rings. The summed E-state index contributed by atoms with van der Waals surface area (Å²) in [5.41, 5.74) is 2.01. The minimum absolute atomic E-state index is 0.00124. The average Bonchev–Trinajstić information content (AvgIpc) is 2.61. The van der Waals surface area contributed by atoms with E-state index >= 15 is 0 Å². The molecule has 1 amide bonds. The van der Waals surface area contributed by atoms with Gasteiger partial charge in [-0.2, -0.15) is 0 Å². The Labute approximate surface area is 161 Å². The van der Waals surface area contributed by atoms with E-state index in [4.69, 9.17) is 0 Å². The Morgan fingerprint density at radius 2 is 1.52 bits per heavy atom. The van der Waals surface area contributed by atoms with Gasteiger partial charge >= 0.3 is 0 Å². The fraction of sp³-hybridized carbons (Fsp3) is 0.381. The van der Waals surface area contributed by atoms with Gasteiger partial charge in [0.25, 0.3) is 15.9 Å². The fourth-order valence-corrected chi connectivity index (χ4v) is 4.68. The maximum atomic E-state index is 12.7. The molecule has 1 aliphatic heterocycles. The number of carbonyl (C=O) groups excluding carboxylic acids is 1. The van der Waals surface area contributed by atoms with Gasteiger partial charge in [-0.3, -0.25) is 9.52 Å². The van der Waals surface area contributed by atoms with Crippen LogP contribution < -0.4 is 4.72 Å². The zero-order chi connectivity index (χ0) is 19.6. The molecule has 0 saturated carbocycles. The van der Waals surface area contributed by atoms with Crippen molar-refractivity contribution < 1.29 is 13.2 Å². The highest BCUT2D eigenvalue weighted by molar-refractivity contribution is 7.92. The maximum absolute atomic E-state index is 12.7. The lowest BCUT2D eigenvalue weighted by molar-refractivity contribution is 0.0623. The number of nitrogens with one attached hydrogen (secondary N) is 1. The quantitative estimate of drug-likeness (QED) is 0.866. The van der Waals surface area contributed by atoms with Crippen LogP contribution in [0.3, 0.4) is 0 Å². The standard InChI is InChI=1S/C21H26N2O3S/c1-15-4-10-20(11-5-15)27(25,26)22-19-8-6-18(7-9-19)21(24)23-13-16(2)12-17(3)14-23/h4-11,16-17,22H,12-14H2,1-3H3. The summed E-state index contributed by atoms with van der Waals surface area (Å²) in [5, 5.41) is 0. The monoisotopic (exact) mass is 386 g/mol. The number of aryl methyl sites for hydroxylation is 1. The summed E-state index contributed by atoms with van der Waals surface area (Å²) in [6.45, 7) is 7.77. The highest BCUT2D eigenvalue weighted by Crippen LogP contribution is 2.23. The molecule has 1 saturated heterocycles. The van der Waals surface area contributed by atoms with Crippen LogP contribution in [0.1, 0.15) is 36.2 Å². The molecule has 2 aromatic carbocycles. The van der Waals surface area contributed by atoms with Crippen LogP contribution in [-0.4, -0.2) is 32.3 Å². The second kappa shape index (κ2) is 7.72. The third kappa shape index (κ3) is 4.69. The number of hydrogen-bond acceptors (Lipinski definition) is 3. The second-order valence-corrected chi connectivity index (χ2v) is 9.33. The minimum atomic E-state index is -3.64. The first-order valence-corrected chi connectivity index (χ1v) is 10.7. The van der Waals surface area contributed by atoms with Crippen molar-refractivity contribution >= 4 is 21.6 Å². The molecular formula is C21H26N2O3S.